The molecule has 2 aromatic heterocycles. The minimum atomic E-state index is -0.0536. The first-order valence-electron chi connectivity index (χ1n) is 5.34. The molecular weight excluding hydrogens is 202 g/mol. The summed E-state index contributed by atoms with van der Waals surface area (Å²) in [5, 5.41) is 8.44. The van der Waals surface area contributed by atoms with E-state index in [1.54, 1.807) is 7.11 Å². The summed E-state index contributed by atoms with van der Waals surface area (Å²) in [4.78, 5) is 0. The van der Waals surface area contributed by atoms with Gasteiger partial charge in [0.25, 0.3) is 0 Å². The summed E-state index contributed by atoms with van der Waals surface area (Å²) in [5.41, 5.74) is 1.90. The lowest BCUT2D eigenvalue weighted by Gasteiger charge is -2.17. The van der Waals surface area contributed by atoms with Crippen molar-refractivity contribution in [3.8, 4) is 5.88 Å². The first kappa shape index (κ1) is 10.9. The fourth-order valence-corrected chi connectivity index (χ4v) is 1.75. The fourth-order valence-electron chi connectivity index (χ4n) is 1.75. The highest BCUT2D eigenvalue weighted by atomic mass is 16.5. The standard InChI is InChI=1S/C12H17N3O/c1-8-6-9-13-14-11(12(2,3)4)15(9)10(7-8)16-5/h6-7H,1-5H3. The average molecular weight is 219 g/mol. The van der Waals surface area contributed by atoms with Crippen molar-refractivity contribution in [2.45, 2.75) is 33.1 Å². The maximum Gasteiger partial charge on any atom is 0.200 e. The average Bonchev–Trinajstić information content (AvgIpc) is 2.59. The van der Waals surface area contributed by atoms with Gasteiger partial charge < -0.3 is 4.74 Å². The summed E-state index contributed by atoms with van der Waals surface area (Å²) in [6, 6.07) is 4.00. The SMILES string of the molecule is COc1cc(C)cc2nnc(C(C)(C)C)n12. The molecule has 16 heavy (non-hydrogen) atoms. The molecule has 2 rings (SSSR count). The summed E-state index contributed by atoms with van der Waals surface area (Å²) >= 11 is 0. The van der Waals surface area contributed by atoms with Crippen molar-refractivity contribution in [1.29, 1.82) is 0 Å². The van der Waals surface area contributed by atoms with Crippen LogP contribution in [0.1, 0.15) is 32.2 Å². The molecule has 0 saturated heterocycles. The number of pyridine rings is 1. The van der Waals surface area contributed by atoms with Gasteiger partial charge in [0.05, 0.1) is 7.11 Å². The lowest BCUT2D eigenvalue weighted by atomic mass is 9.96. The van der Waals surface area contributed by atoms with E-state index in [2.05, 4.69) is 31.0 Å². The molecule has 2 heterocycles. The Labute approximate surface area is 95.3 Å². The molecule has 0 amide bonds. The Hall–Kier alpha value is -1.58. The van der Waals surface area contributed by atoms with Gasteiger partial charge in [-0.05, 0) is 18.6 Å². The monoisotopic (exact) mass is 219 g/mol. The first-order valence-corrected chi connectivity index (χ1v) is 5.34. The van der Waals surface area contributed by atoms with Crippen molar-refractivity contribution in [3.05, 3.63) is 23.5 Å². The molecule has 0 saturated carbocycles. The van der Waals surface area contributed by atoms with Crippen molar-refractivity contribution in [2.24, 2.45) is 0 Å². The Kier molecular flexibility index (Phi) is 2.37. The van der Waals surface area contributed by atoms with E-state index in [9.17, 15) is 0 Å². The Morgan fingerprint density at radius 3 is 2.44 bits per heavy atom. The number of fused-ring (bicyclic) bond motifs is 1. The highest BCUT2D eigenvalue weighted by Gasteiger charge is 2.22. The zero-order valence-electron chi connectivity index (χ0n) is 10.4. The summed E-state index contributed by atoms with van der Waals surface area (Å²) in [6.45, 7) is 8.36. The number of aromatic nitrogens is 3. The quantitative estimate of drug-likeness (QED) is 0.739. The molecule has 86 valence electrons. The summed E-state index contributed by atoms with van der Waals surface area (Å²) < 4.78 is 7.35. The van der Waals surface area contributed by atoms with Gasteiger partial charge in [-0.2, -0.15) is 0 Å². The van der Waals surface area contributed by atoms with Gasteiger partial charge >= 0.3 is 0 Å². The van der Waals surface area contributed by atoms with Crippen LogP contribution < -0.4 is 4.74 Å². The van der Waals surface area contributed by atoms with E-state index in [0.29, 0.717) is 0 Å². The second kappa shape index (κ2) is 3.47. The zero-order valence-corrected chi connectivity index (χ0v) is 10.4. The van der Waals surface area contributed by atoms with Gasteiger partial charge in [0.1, 0.15) is 5.82 Å². The molecule has 0 bridgehead atoms. The Bertz CT molecular complexity index is 523. The number of nitrogens with zero attached hydrogens (tertiary/aromatic N) is 3. The molecule has 0 spiro atoms. The van der Waals surface area contributed by atoms with E-state index in [0.717, 1.165) is 22.9 Å². The number of hydrogen-bond donors (Lipinski definition) is 0. The van der Waals surface area contributed by atoms with Crippen LogP contribution in [0.5, 0.6) is 5.88 Å². The van der Waals surface area contributed by atoms with Gasteiger partial charge in [0.15, 0.2) is 5.65 Å². The number of ether oxygens (including phenoxy) is 1. The lowest BCUT2D eigenvalue weighted by Crippen LogP contribution is -2.16. The molecular formula is C12H17N3O. The molecule has 0 N–H and O–H groups in total. The van der Waals surface area contributed by atoms with E-state index in [-0.39, 0.29) is 5.41 Å². The predicted octanol–water partition coefficient (Wildman–Crippen LogP) is 2.34. The van der Waals surface area contributed by atoms with Crippen molar-refractivity contribution < 1.29 is 4.74 Å². The number of hydrogen-bond acceptors (Lipinski definition) is 3. The third-order valence-electron chi connectivity index (χ3n) is 2.50. The zero-order chi connectivity index (χ0) is 11.9. The highest BCUT2D eigenvalue weighted by molar-refractivity contribution is 5.46. The van der Waals surface area contributed by atoms with Crippen molar-refractivity contribution >= 4 is 5.65 Å². The van der Waals surface area contributed by atoms with Gasteiger partial charge in [0.2, 0.25) is 5.88 Å². The largest absolute Gasteiger partial charge is 0.482 e. The predicted molar refractivity (Wildman–Crippen MR) is 63.0 cm³/mol. The minimum absolute atomic E-state index is 0.0536. The summed E-state index contributed by atoms with van der Waals surface area (Å²) in [7, 11) is 1.67. The van der Waals surface area contributed by atoms with E-state index < -0.39 is 0 Å². The molecule has 0 fully saturated rings. The molecule has 0 unspecified atom stereocenters. The van der Waals surface area contributed by atoms with Gasteiger partial charge in [-0.3, -0.25) is 0 Å². The normalized spacial score (nSPS) is 12.1. The van der Waals surface area contributed by atoms with Crippen LogP contribution >= 0.6 is 0 Å². The van der Waals surface area contributed by atoms with Crippen LogP contribution in [0.25, 0.3) is 5.65 Å². The molecule has 0 aliphatic rings. The second-order valence-electron chi connectivity index (χ2n) is 5.04. The van der Waals surface area contributed by atoms with Crippen molar-refractivity contribution in [2.75, 3.05) is 7.11 Å². The second-order valence-corrected chi connectivity index (χ2v) is 5.04. The van der Waals surface area contributed by atoms with Crippen LogP contribution in [0.2, 0.25) is 0 Å². The van der Waals surface area contributed by atoms with Crippen LogP contribution in [0.15, 0.2) is 12.1 Å². The molecule has 2 aromatic rings. The maximum absolute atomic E-state index is 5.39. The van der Waals surface area contributed by atoms with Gasteiger partial charge in [-0.15, -0.1) is 10.2 Å². The van der Waals surface area contributed by atoms with Crippen molar-refractivity contribution in [3.63, 3.8) is 0 Å². The lowest BCUT2D eigenvalue weighted by molar-refractivity contribution is 0.384. The van der Waals surface area contributed by atoms with Crippen LogP contribution in [-0.4, -0.2) is 21.7 Å². The topological polar surface area (TPSA) is 39.4 Å². The smallest absolute Gasteiger partial charge is 0.200 e. The number of methoxy groups -OCH3 is 1. The van der Waals surface area contributed by atoms with Gasteiger partial charge in [-0.25, -0.2) is 4.40 Å². The van der Waals surface area contributed by atoms with Crippen LogP contribution in [0.3, 0.4) is 0 Å². The first-order chi connectivity index (χ1) is 7.43. The molecule has 0 aliphatic carbocycles. The number of rotatable bonds is 1. The fraction of sp³-hybridized carbons (Fsp3) is 0.500. The van der Waals surface area contributed by atoms with E-state index >= 15 is 0 Å². The molecule has 0 radical (unpaired) electrons. The molecule has 4 nitrogen and oxygen atoms in total. The Balaban J connectivity index is 2.80. The summed E-state index contributed by atoms with van der Waals surface area (Å²) in [5.74, 6) is 1.70. The van der Waals surface area contributed by atoms with Crippen molar-refractivity contribution in [1.82, 2.24) is 14.6 Å². The molecule has 0 atom stereocenters. The van der Waals surface area contributed by atoms with Crippen LogP contribution in [0, 0.1) is 6.92 Å². The number of aryl methyl sites for hydroxylation is 1. The third-order valence-corrected chi connectivity index (χ3v) is 2.50. The van der Waals surface area contributed by atoms with Crippen LogP contribution in [0.4, 0.5) is 0 Å². The Morgan fingerprint density at radius 1 is 1.19 bits per heavy atom. The molecule has 0 aliphatic heterocycles. The Morgan fingerprint density at radius 2 is 1.88 bits per heavy atom. The van der Waals surface area contributed by atoms with E-state index in [1.807, 2.05) is 23.5 Å². The van der Waals surface area contributed by atoms with E-state index in [4.69, 9.17) is 4.74 Å². The highest BCUT2D eigenvalue weighted by Crippen LogP contribution is 2.25. The maximum atomic E-state index is 5.39. The van der Waals surface area contributed by atoms with E-state index in [1.165, 1.54) is 0 Å². The van der Waals surface area contributed by atoms with Crippen LogP contribution in [-0.2, 0) is 5.41 Å². The minimum Gasteiger partial charge on any atom is -0.482 e. The van der Waals surface area contributed by atoms with Gasteiger partial charge in [0, 0.05) is 11.5 Å². The molecule has 0 aromatic carbocycles. The van der Waals surface area contributed by atoms with Gasteiger partial charge in [-0.1, -0.05) is 20.8 Å². The third kappa shape index (κ3) is 1.64. The summed E-state index contributed by atoms with van der Waals surface area (Å²) in [6.07, 6.45) is 0. The molecule has 4 heteroatoms.